The minimum Gasteiger partial charge on any atom is -0.347 e. The second-order valence-corrected chi connectivity index (χ2v) is 5.28. The van der Waals surface area contributed by atoms with Gasteiger partial charge in [0, 0.05) is 25.2 Å². The monoisotopic (exact) mass is 271 g/mol. The molecule has 3 aromatic rings. The Morgan fingerprint density at radius 3 is 2.84 bits per heavy atom. The van der Waals surface area contributed by atoms with E-state index in [1.165, 1.54) is 22.3 Å². The first-order chi connectivity index (χ1) is 9.24. The summed E-state index contributed by atoms with van der Waals surface area (Å²) in [6.07, 6.45) is 0.707. The molecule has 0 aromatic carbocycles. The summed E-state index contributed by atoms with van der Waals surface area (Å²) in [4.78, 5) is 12.2. The molecule has 0 aliphatic heterocycles. The molecule has 0 spiro atoms. The summed E-state index contributed by atoms with van der Waals surface area (Å²) in [5, 5.41) is 8.57. The third kappa shape index (κ3) is 2.37. The van der Waals surface area contributed by atoms with Crippen LogP contribution in [0.1, 0.15) is 11.4 Å². The van der Waals surface area contributed by atoms with Gasteiger partial charge in [0.2, 0.25) is 0 Å². The van der Waals surface area contributed by atoms with Gasteiger partial charge in [0.15, 0.2) is 0 Å². The van der Waals surface area contributed by atoms with Gasteiger partial charge in [-0.05, 0) is 29.6 Å². The Bertz CT molecular complexity index is 720. The first-order valence-electron chi connectivity index (χ1n) is 5.97. The molecular formula is C14H13N3OS. The fraction of sp³-hybridized carbons (Fsp3) is 0.143. The van der Waals surface area contributed by atoms with Crippen LogP contribution in [0.5, 0.6) is 0 Å². The molecule has 3 heterocycles. The maximum atomic E-state index is 11.0. The topological polar surface area (TPSA) is 50.7 Å². The molecule has 4 nitrogen and oxygen atoms in total. The molecule has 19 heavy (non-hydrogen) atoms. The summed E-state index contributed by atoms with van der Waals surface area (Å²) < 4.78 is 2.17. The molecule has 5 heteroatoms. The molecule has 1 N–H and O–H groups in total. The van der Waals surface area contributed by atoms with Crippen molar-refractivity contribution in [1.29, 1.82) is 0 Å². The van der Waals surface area contributed by atoms with Gasteiger partial charge in [-0.25, -0.2) is 5.10 Å². The van der Waals surface area contributed by atoms with Crippen molar-refractivity contribution in [1.82, 2.24) is 14.8 Å². The van der Waals surface area contributed by atoms with Crippen LogP contribution in [0.15, 0.2) is 46.6 Å². The molecule has 0 radical (unpaired) electrons. The summed E-state index contributed by atoms with van der Waals surface area (Å²) in [5.74, 6) is 0. The lowest BCUT2D eigenvalue weighted by molar-refractivity contribution is 0.826. The van der Waals surface area contributed by atoms with E-state index in [1.54, 1.807) is 17.4 Å². The quantitative estimate of drug-likeness (QED) is 0.795. The van der Waals surface area contributed by atoms with Gasteiger partial charge in [-0.1, -0.05) is 6.07 Å². The summed E-state index contributed by atoms with van der Waals surface area (Å²) in [5.41, 5.74) is 3.06. The highest BCUT2D eigenvalue weighted by molar-refractivity contribution is 7.13. The van der Waals surface area contributed by atoms with Crippen LogP contribution in [0.4, 0.5) is 0 Å². The van der Waals surface area contributed by atoms with E-state index in [-0.39, 0.29) is 5.56 Å². The molecule has 0 aliphatic rings. The van der Waals surface area contributed by atoms with E-state index >= 15 is 0 Å². The van der Waals surface area contributed by atoms with Crippen LogP contribution >= 0.6 is 11.3 Å². The van der Waals surface area contributed by atoms with Crippen LogP contribution in [0.3, 0.4) is 0 Å². The van der Waals surface area contributed by atoms with Gasteiger partial charge in [0.25, 0.3) is 5.56 Å². The van der Waals surface area contributed by atoms with Crippen molar-refractivity contribution in [3.05, 3.63) is 63.5 Å². The third-order valence-corrected chi connectivity index (χ3v) is 3.99. The van der Waals surface area contributed by atoms with Crippen molar-refractivity contribution in [3.63, 3.8) is 0 Å². The molecule has 0 bridgehead atoms. The largest absolute Gasteiger partial charge is 0.347 e. The lowest BCUT2D eigenvalue weighted by atomic mass is 10.2. The van der Waals surface area contributed by atoms with E-state index in [2.05, 4.69) is 51.5 Å². The van der Waals surface area contributed by atoms with Crippen LogP contribution in [-0.2, 0) is 13.5 Å². The molecule has 0 aliphatic carbocycles. The zero-order valence-corrected chi connectivity index (χ0v) is 11.3. The highest BCUT2D eigenvalue weighted by atomic mass is 32.1. The normalized spacial score (nSPS) is 10.8. The predicted octanol–water partition coefficient (Wildman–Crippen LogP) is 2.43. The summed E-state index contributed by atoms with van der Waals surface area (Å²) in [6, 6.07) is 11.6. The number of H-pyrrole nitrogens is 1. The Balaban J connectivity index is 1.90. The van der Waals surface area contributed by atoms with E-state index in [4.69, 9.17) is 0 Å². The van der Waals surface area contributed by atoms with Gasteiger partial charge in [-0.15, -0.1) is 11.3 Å². The Hall–Kier alpha value is -2.14. The van der Waals surface area contributed by atoms with E-state index in [9.17, 15) is 4.79 Å². The number of hydrogen-bond acceptors (Lipinski definition) is 3. The molecule has 0 fully saturated rings. The van der Waals surface area contributed by atoms with E-state index < -0.39 is 0 Å². The van der Waals surface area contributed by atoms with Gasteiger partial charge in [0.05, 0.1) is 16.3 Å². The van der Waals surface area contributed by atoms with Crippen molar-refractivity contribution in [3.8, 4) is 10.6 Å². The van der Waals surface area contributed by atoms with Crippen LogP contribution < -0.4 is 5.56 Å². The number of aromatic nitrogens is 3. The number of nitrogens with zero attached hydrogens (tertiary/aromatic N) is 2. The molecule has 0 unspecified atom stereocenters. The Morgan fingerprint density at radius 2 is 2.16 bits per heavy atom. The fourth-order valence-corrected chi connectivity index (χ4v) is 2.85. The lowest BCUT2D eigenvalue weighted by Gasteiger charge is -2.06. The number of nitrogens with one attached hydrogen (secondary N) is 1. The lowest BCUT2D eigenvalue weighted by Crippen LogP contribution is -2.08. The molecule has 3 aromatic heterocycles. The van der Waals surface area contributed by atoms with Crippen molar-refractivity contribution in [2.45, 2.75) is 6.42 Å². The highest BCUT2D eigenvalue weighted by Gasteiger charge is 2.08. The fourth-order valence-electron chi connectivity index (χ4n) is 2.06. The van der Waals surface area contributed by atoms with E-state index in [1.807, 2.05) is 0 Å². The average molecular weight is 271 g/mol. The number of thiophene rings is 1. The standard InChI is InChI=1S/C14H13N3OS/c1-17-11(9-10-4-7-14(18)16-15-10)5-6-12(17)13-3-2-8-19-13/h2-8H,9H2,1H3,(H,16,18). The first-order valence-corrected chi connectivity index (χ1v) is 6.85. The number of aromatic amines is 1. The van der Waals surface area contributed by atoms with Crippen molar-refractivity contribution in [2.24, 2.45) is 7.05 Å². The van der Waals surface area contributed by atoms with Crippen LogP contribution in [-0.4, -0.2) is 14.8 Å². The molecule has 3 rings (SSSR count). The maximum Gasteiger partial charge on any atom is 0.264 e. The smallest absolute Gasteiger partial charge is 0.264 e. The minimum absolute atomic E-state index is 0.171. The van der Waals surface area contributed by atoms with Crippen LogP contribution in [0, 0.1) is 0 Å². The van der Waals surface area contributed by atoms with Crippen LogP contribution in [0.25, 0.3) is 10.6 Å². The summed E-state index contributed by atoms with van der Waals surface area (Å²) in [6.45, 7) is 0. The van der Waals surface area contributed by atoms with Crippen LogP contribution in [0.2, 0.25) is 0 Å². The number of hydrogen-bond donors (Lipinski definition) is 1. The molecule has 0 saturated carbocycles. The maximum absolute atomic E-state index is 11.0. The second kappa shape index (κ2) is 4.85. The van der Waals surface area contributed by atoms with Gasteiger partial charge in [-0.3, -0.25) is 4.79 Å². The molecule has 0 saturated heterocycles. The van der Waals surface area contributed by atoms with Crippen molar-refractivity contribution >= 4 is 11.3 Å². The predicted molar refractivity (Wildman–Crippen MR) is 76.4 cm³/mol. The Labute approximate surface area is 114 Å². The van der Waals surface area contributed by atoms with Gasteiger partial charge >= 0.3 is 0 Å². The Kier molecular flexibility index (Phi) is 3.05. The van der Waals surface area contributed by atoms with Gasteiger partial charge in [0.1, 0.15) is 0 Å². The van der Waals surface area contributed by atoms with Gasteiger partial charge in [-0.2, -0.15) is 5.10 Å². The third-order valence-electron chi connectivity index (χ3n) is 3.10. The Morgan fingerprint density at radius 1 is 1.26 bits per heavy atom. The zero-order chi connectivity index (χ0) is 13.2. The van der Waals surface area contributed by atoms with Crippen molar-refractivity contribution < 1.29 is 0 Å². The molecule has 0 amide bonds. The van der Waals surface area contributed by atoms with Crippen molar-refractivity contribution in [2.75, 3.05) is 0 Å². The zero-order valence-electron chi connectivity index (χ0n) is 10.5. The summed E-state index contributed by atoms with van der Waals surface area (Å²) in [7, 11) is 2.05. The molecule has 96 valence electrons. The van der Waals surface area contributed by atoms with Gasteiger partial charge < -0.3 is 4.57 Å². The average Bonchev–Trinajstić information content (AvgIpc) is 3.03. The van der Waals surface area contributed by atoms with E-state index in [0.29, 0.717) is 6.42 Å². The molecule has 0 atom stereocenters. The first kappa shape index (κ1) is 11.9. The summed E-state index contributed by atoms with van der Waals surface area (Å²) >= 11 is 1.73. The van der Waals surface area contributed by atoms with E-state index in [0.717, 1.165) is 5.69 Å². The molecular weight excluding hydrogens is 258 g/mol. The number of rotatable bonds is 3. The minimum atomic E-state index is -0.171. The SMILES string of the molecule is Cn1c(Cc2ccc(=O)[nH]n2)ccc1-c1cccs1. The highest BCUT2D eigenvalue weighted by Crippen LogP contribution is 2.26. The second-order valence-electron chi connectivity index (χ2n) is 4.34.